The fraction of sp³-hybridized carbons (Fsp3) is 0.263. The highest BCUT2D eigenvalue weighted by Gasteiger charge is 2.15. The monoisotopic (exact) mass is 353 g/mol. The Hall–Kier alpha value is -3.40. The molecule has 134 valence electrons. The minimum absolute atomic E-state index is 0.00827. The van der Waals surface area contributed by atoms with E-state index in [9.17, 15) is 9.59 Å². The van der Waals surface area contributed by atoms with Crippen molar-refractivity contribution >= 4 is 11.8 Å². The van der Waals surface area contributed by atoms with E-state index < -0.39 is 18.4 Å². The van der Waals surface area contributed by atoms with Gasteiger partial charge in [-0.1, -0.05) is 29.8 Å². The number of carbonyl (C=O) groups excluding carboxylic acids is 2. The van der Waals surface area contributed by atoms with Gasteiger partial charge in [0.1, 0.15) is 11.6 Å². The number of carbonyl (C=O) groups is 2. The summed E-state index contributed by atoms with van der Waals surface area (Å²) in [6.45, 7) is 2.92. The van der Waals surface area contributed by atoms with Gasteiger partial charge >= 0.3 is 5.97 Å². The summed E-state index contributed by atoms with van der Waals surface area (Å²) >= 11 is 0. The molecule has 26 heavy (non-hydrogen) atoms. The van der Waals surface area contributed by atoms with E-state index in [1.165, 1.54) is 6.92 Å². The van der Waals surface area contributed by atoms with Gasteiger partial charge in [-0.25, -0.2) is 4.98 Å². The summed E-state index contributed by atoms with van der Waals surface area (Å²) in [5, 5.41) is 8.83. The summed E-state index contributed by atoms with van der Waals surface area (Å²) in [7, 11) is 0. The molecule has 0 spiro atoms. The zero-order chi connectivity index (χ0) is 19.1. The normalized spacial score (nSPS) is 11.4. The van der Waals surface area contributed by atoms with Crippen molar-refractivity contribution in [3.8, 4) is 17.4 Å². The van der Waals surface area contributed by atoms with E-state index in [0.29, 0.717) is 11.7 Å². The minimum Gasteiger partial charge on any atom is -0.457 e. The molecule has 0 saturated heterocycles. The molecule has 0 aliphatic heterocycles. The van der Waals surface area contributed by atoms with Crippen molar-refractivity contribution in [3.05, 3.63) is 53.2 Å². The van der Waals surface area contributed by atoms with Gasteiger partial charge in [-0.2, -0.15) is 5.26 Å². The number of ketones is 1. The van der Waals surface area contributed by atoms with Crippen LogP contribution in [0.5, 0.6) is 0 Å². The van der Waals surface area contributed by atoms with E-state index in [1.807, 2.05) is 31.2 Å². The van der Waals surface area contributed by atoms with E-state index in [0.717, 1.165) is 11.1 Å². The second-order valence-electron chi connectivity index (χ2n) is 5.74. The molecule has 0 fully saturated rings. The number of oxazole rings is 1. The Bertz CT molecular complexity index is 869. The number of nitriles is 1. The van der Waals surface area contributed by atoms with Gasteiger partial charge in [0.2, 0.25) is 5.78 Å². The molecule has 0 atom stereocenters. The molecule has 7 heteroatoms. The molecule has 0 amide bonds. The van der Waals surface area contributed by atoms with Gasteiger partial charge in [0.25, 0.3) is 0 Å². The van der Waals surface area contributed by atoms with Crippen LogP contribution in [0.1, 0.15) is 24.8 Å². The van der Waals surface area contributed by atoms with Crippen LogP contribution in [0.15, 0.2) is 46.1 Å². The van der Waals surface area contributed by atoms with E-state index in [-0.39, 0.29) is 24.1 Å². The number of nitrogens with two attached hydrogens (primary N) is 1. The zero-order valence-electron chi connectivity index (χ0n) is 14.6. The highest BCUT2D eigenvalue weighted by atomic mass is 16.5. The third-order valence-corrected chi connectivity index (χ3v) is 3.58. The Balaban J connectivity index is 1.85. The van der Waals surface area contributed by atoms with Crippen LogP contribution in [0.4, 0.5) is 0 Å². The molecule has 1 heterocycles. The number of esters is 1. The Morgan fingerprint density at radius 2 is 2.00 bits per heavy atom. The maximum absolute atomic E-state index is 11.7. The first-order valence-corrected chi connectivity index (χ1v) is 7.97. The lowest BCUT2D eigenvalue weighted by atomic mass is 10.1. The maximum Gasteiger partial charge on any atom is 0.306 e. The molecular weight excluding hydrogens is 334 g/mol. The van der Waals surface area contributed by atoms with Crippen molar-refractivity contribution in [1.82, 2.24) is 4.98 Å². The van der Waals surface area contributed by atoms with Crippen LogP contribution in [0.2, 0.25) is 0 Å². The third kappa shape index (κ3) is 5.05. The summed E-state index contributed by atoms with van der Waals surface area (Å²) in [5.41, 5.74) is 7.36. The Labute approximate surface area is 151 Å². The second-order valence-corrected chi connectivity index (χ2v) is 5.74. The summed E-state index contributed by atoms with van der Waals surface area (Å²) in [5.74, 6) is -0.191. The molecule has 0 bridgehead atoms. The first kappa shape index (κ1) is 18.9. The van der Waals surface area contributed by atoms with Gasteiger partial charge in [0.15, 0.2) is 18.3 Å². The number of Topliss-reactive ketones (excluding diaryl/α,β-unsaturated/α-hetero) is 1. The van der Waals surface area contributed by atoms with Crippen LogP contribution in [0, 0.1) is 18.3 Å². The standard InChI is InChI=1S/C19H19N3O4/c1-12-3-5-14(6-4-12)17-10-22-18(26-17)7-8-19(24)25-11-16(23)15(9-20)13(2)21/h3-6,10H,7-8,11,21H2,1-2H3. The van der Waals surface area contributed by atoms with E-state index in [4.69, 9.17) is 20.1 Å². The number of allylic oxidation sites excluding steroid dienone is 1. The fourth-order valence-corrected chi connectivity index (χ4v) is 2.15. The Morgan fingerprint density at radius 1 is 1.31 bits per heavy atom. The van der Waals surface area contributed by atoms with Crippen molar-refractivity contribution in [2.75, 3.05) is 6.61 Å². The van der Waals surface area contributed by atoms with Crippen molar-refractivity contribution in [2.45, 2.75) is 26.7 Å². The van der Waals surface area contributed by atoms with Gasteiger partial charge in [0, 0.05) is 17.7 Å². The third-order valence-electron chi connectivity index (χ3n) is 3.58. The van der Waals surface area contributed by atoms with Gasteiger partial charge in [-0.3, -0.25) is 9.59 Å². The van der Waals surface area contributed by atoms with Crippen molar-refractivity contribution < 1.29 is 18.7 Å². The molecule has 2 rings (SSSR count). The van der Waals surface area contributed by atoms with Gasteiger partial charge in [-0.05, 0) is 13.8 Å². The molecule has 0 radical (unpaired) electrons. The zero-order valence-corrected chi connectivity index (χ0v) is 14.6. The van der Waals surface area contributed by atoms with Crippen LogP contribution in [-0.4, -0.2) is 23.3 Å². The summed E-state index contributed by atoms with van der Waals surface area (Å²) in [6, 6.07) is 9.50. The number of benzene rings is 1. The van der Waals surface area contributed by atoms with Crippen molar-refractivity contribution in [1.29, 1.82) is 5.26 Å². The smallest absolute Gasteiger partial charge is 0.306 e. The lowest BCUT2D eigenvalue weighted by Crippen LogP contribution is -2.17. The number of ether oxygens (including phenoxy) is 1. The number of aromatic nitrogens is 1. The van der Waals surface area contributed by atoms with Crippen LogP contribution < -0.4 is 5.73 Å². The quantitative estimate of drug-likeness (QED) is 0.461. The molecule has 0 saturated carbocycles. The van der Waals surface area contributed by atoms with Gasteiger partial charge in [-0.15, -0.1) is 0 Å². The first-order chi connectivity index (χ1) is 12.4. The predicted molar refractivity (Wildman–Crippen MR) is 93.5 cm³/mol. The average molecular weight is 353 g/mol. The van der Waals surface area contributed by atoms with E-state index >= 15 is 0 Å². The lowest BCUT2D eigenvalue weighted by Gasteiger charge is -2.03. The molecule has 0 unspecified atom stereocenters. The largest absolute Gasteiger partial charge is 0.457 e. The van der Waals surface area contributed by atoms with E-state index in [2.05, 4.69) is 4.98 Å². The lowest BCUT2D eigenvalue weighted by molar-refractivity contribution is -0.147. The molecule has 2 aromatic rings. The molecule has 0 aliphatic rings. The summed E-state index contributed by atoms with van der Waals surface area (Å²) in [4.78, 5) is 27.6. The number of nitrogens with zero attached hydrogens (tertiary/aromatic N) is 2. The maximum atomic E-state index is 11.7. The highest BCUT2D eigenvalue weighted by Crippen LogP contribution is 2.21. The Kier molecular flexibility index (Phi) is 6.28. The number of hydrogen-bond donors (Lipinski definition) is 1. The molecule has 2 N–H and O–H groups in total. The van der Waals surface area contributed by atoms with Gasteiger partial charge in [0.05, 0.1) is 12.6 Å². The predicted octanol–water partition coefficient (Wildman–Crippen LogP) is 2.45. The average Bonchev–Trinajstić information content (AvgIpc) is 3.08. The second kappa shape index (κ2) is 8.62. The highest BCUT2D eigenvalue weighted by molar-refractivity contribution is 6.01. The van der Waals surface area contributed by atoms with Crippen molar-refractivity contribution in [3.63, 3.8) is 0 Å². The van der Waals surface area contributed by atoms with Gasteiger partial charge < -0.3 is 14.9 Å². The SMILES string of the molecule is CC(N)=C(C#N)C(=O)COC(=O)CCc1ncc(-c2ccc(C)cc2)o1. The van der Waals surface area contributed by atoms with Crippen LogP contribution >= 0.6 is 0 Å². The van der Waals surface area contributed by atoms with Crippen LogP contribution in [-0.2, 0) is 20.7 Å². The number of rotatable bonds is 7. The molecular formula is C19H19N3O4. The summed E-state index contributed by atoms with van der Waals surface area (Å²) in [6.07, 6.45) is 1.85. The minimum atomic E-state index is -0.626. The van der Waals surface area contributed by atoms with E-state index in [1.54, 1.807) is 12.3 Å². The molecule has 7 nitrogen and oxygen atoms in total. The number of aryl methyl sites for hydroxylation is 2. The van der Waals surface area contributed by atoms with Crippen LogP contribution in [0.25, 0.3) is 11.3 Å². The molecule has 0 aliphatic carbocycles. The van der Waals surface area contributed by atoms with Crippen LogP contribution in [0.3, 0.4) is 0 Å². The molecule has 1 aromatic heterocycles. The Morgan fingerprint density at radius 3 is 2.62 bits per heavy atom. The fourth-order valence-electron chi connectivity index (χ4n) is 2.15. The molecule has 1 aromatic carbocycles. The first-order valence-electron chi connectivity index (χ1n) is 7.97. The number of hydrogen-bond acceptors (Lipinski definition) is 7. The topological polar surface area (TPSA) is 119 Å². The summed E-state index contributed by atoms with van der Waals surface area (Å²) < 4.78 is 10.5. The van der Waals surface area contributed by atoms with Crippen molar-refractivity contribution in [2.24, 2.45) is 5.73 Å².